The van der Waals surface area contributed by atoms with Gasteiger partial charge in [-0.15, -0.1) is 4.95 Å². The zero-order valence-corrected chi connectivity index (χ0v) is 48.9. The second-order valence-electron chi connectivity index (χ2n) is 22.5. The standard InChI is InChI=1S/C31H58N8O7.C20H35N7O7/c1-29(2,3)44-26(41)22-37-15-13-36(21-25(40)33-11-10-12-34-35-32)14-16-38(23-27(42)45-30(4,5)6)18-20-39(19-17-37)24-28(43)46-31(7,8)9;1-21-23-4-2-3-22-17(28)13-24-5-7-25(14-18(29)30)9-11-27(16-20(33)34)12-10-26(8-6-24)15-19(31)32/h10-24H2,1-9H3,(H,33,40);1H,2-16H2,(H,22,28)(H,29,30)(H,31,32)(H,33,34). The predicted molar refractivity (Wildman–Crippen MR) is 298 cm³/mol. The number of hydrogen-bond acceptors (Lipinski definition) is 20. The molecular formula is C51H93N15O14. The highest BCUT2D eigenvalue weighted by Crippen LogP contribution is 2.12. The maximum Gasteiger partial charge on any atom is 0.320 e. The first-order chi connectivity index (χ1) is 37.4. The molecule has 2 heterocycles. The van der Waals surface area contributed by atoms with Crippen LogP contribution in [0.25, 0.3) is 20.8 Å². The molecule has 2 rings (SSSR count). The maximum absolute atomic E-state index is 12.8. The van der Waals surface area contributed by atoms with Crippen molar-refractivity contribution in [1.29, 1.82) is 0 Å². The maximum atomic E-state index is 12.8. The van der Waals surface area contributed by atoms with Crippen molar-refractivity contribution in [1.82, 2.24) is 49.8 Å². The minimum absolute atomic E-state index is 0.0573. The lowest BCUT2D eigenvalue weighted by molar-refractivity contribution is -0.158. The highest BCUT2D eigenvalue weighted by Gasteiger charge is 2.27. The third-order valence-electron chi connectivity index (χ3n) is 11.6. The summed E-state index contributed by atoms with van der Waals surface area (Å²) in [6.45, 7) is 29.1. The van der Waals surface area contributed by atoms with Crippen LogP contribution in [0.4, 0.5) is 0 Å². The molecule has 2 fully saturated rings. The number of amides is 2. The number of nitrogens with zero attached hydrogens (tertiary/aromatic N) is 13. The molecule has 2 aliphatic heterocycles. The number of carboxylic acids is 3. The zero-order chi connectivity index (χ0) is 60.3. The van der Waals surface area contributed by atoms with Crippen molar-refractivity contribution >= 4 is 47.6 Å². The molecule has 0 saturated carbocycles. The fraction of sp³-hybridized carbons (Fsp3) is 0.824. The molecule has 80 heavy (non-hydrogen) atoms. The van der Waals surface area contributed by atoms with Gasteiger partial charge < -0.3 is 45.6 Å². The van der Waals surface area contributed by atoms with E-state index in [0.29, 0.717) is 144 Å². The Balaban J connectivity index is 0.000000837. The van der Waals surface area contributed by atoms with Crippen molar-refractivity contribution in [2.45, 2.75) is 92.0 Å². The second kappa shape index (κ2) is 38.6. The van der Waals surface area contributed by atoms with Crippen molar-refractivity contribution in [3.8, 4) is 6.57 Å². The van der Waals surface area contributed by atoms with Gasteiger partial charge in [0, 0.05) is 129 Å². The van der Waals surface area contributed by atoms with E-state index in [-0.39, 0.29) is 82.1 Å². The molecule has 29 heteroatoms. The SMILES string of the molecule is C#[N+][N-]CCCNC(=O)CN1CCN(CC(=O)O)CCN(CC(=O)O)CCN(CC(=O)O)CC1.CC(C)(C)OC(=O)CN1CCN(CC(=O)NCCCN=[N+]=[N-])CCN(CC(=O)OC(C)(C)C)CCN(CC(=O)OC(C)(C)C)CC1. The largest absolute Gasteiger partial charge is 0.480 e. The van der Waals surface area contributed by atoms with Crippen LogP contribution in [0.5, 0.6) is 0 Å². The van der Waals surface area contributed by atoms with E-state index >= 15 is 0 Å². The van der Waals surface area contributed by atoms with Gasteiger partial charge in [-0.2, -0.15) is 0 Å². The molecule has 0 aromatic heterocycles. The first-order valence-corrected chi connectivity index (χ1v) is 27.1. The van der Waals surface area contributed by atoms with Crippen LogP contribution in [0.1, 0.15) is 75.2 Å². The molecule has 0 unspecified atom stereocenters. The number of carboxylic acid groups (broad SMARTS) is 3. The van der Waals surface area contributed by atoms with Gasteiger partial charge in [0.1, 0.15) is 16.8 Å². The van der Waals surface area contributed by atoms with Gasteiger partial charge in [-0.25, -0.2) is 0 Å². The molecule has 5 N–H and O–H groups in total. The lowest BCUT2D eigenvalue weighted by atomic mass is 10.2. The highest BCUT2D eigenvalue weighted by atomic mass is 16.6. The number of carbonyl (C=O) groups is 8. The normalized spacial score (nSPS) is 17.4. The number of aliphatic carboxylic acids is 3. The number of ether oxygens (including phenoxy) is 3. The summed E-state index contributed by atoms with van der Waals surface area (Å²) in [6, 6.07) is 0. The van der Waals surface area contributed by atoms with Crippen molar-refractivity contribution < 1.29 is 67.9 Å². The van der Waals surface area contributed by atoms with E-state index in [2.05, 4.69) is 31.0 Å². The van der Waals surface area contributed by atoms with Crippen LogP contribution >= 0.6 is 0 Å². The summed E-state index contributed by atoms with van der Waals surface area (Å²) in [5, 5.41) is 36.8. The number of carbonyl (C=O) groups excluding carboxylic acids is 5. The summed E-state index contributed by atoms with van der Waals surface area (Å²) in [7, 11) is 0. The Labute approximate surface area is 471 Å². The Kier molecular flexibility index (Phi) is 34.8. The van der Waals surface area contributed by atoms with E-state index in [0.717, 1.165) is 0 Å². The van der Waals surface area contributed by atoms with Crippen molar-refractivity contribution in [2.24, 2.45) is 5.11 Å². The number of rotatable bonds is 24. The van der Waals surface area contributed by atoms with Crippen LogP contribution in [-0.4, -0.2) is 302 Å². The van der Waals surface area contributed by atoms with Crippen LogP contribution in [-0.2, 0) is 52.6 Å². The molecule has 2 amide bonds. The van der Waals surface area contributed by atoms with E-state index in [9.17, 15) is 53.7 Å². The fourth-order valence-electron chi connectivity index (χ4n) is 8.04. The molecule has 456 valence electrons. The van der Waals surface area contributed by atoms with Crippen LogP contribution < -0.4 is 10.6 Å². The van der Waals surface area contributed by atoms with E-state index in [1.54, 1.807) is 14.7 Å². The molecule has 0 atom stereocenters. The van der Waals surface area contributed by atoms with Gasteiger partial charge in [0.05, 0.1) is 52.4 Å². The Morgan fingerprint density at radius 2 is 0.713 bits per heavy atom. The fourth-order valence-corrected chi connectivity index (χ4v) is 8.04. The molecule has 0 aliphatic carbocycles. The average Bonchev–Trinajstić information content (AvgIpc) is 3.31. The van der Waals surface area contributed by atoms with Gasteiger partial charge in [0.2, 0.25) is 11.8 Å². The molecule has 2 aliphatic rings. The second-order valence-corrected chi connectivity index (χ2v) is 22.5. The third kappa shape index (κ3) is 40.3. The molecule has 0 aromatic carbocycles. The number of hydrogen-bond donors (Lipinski definition) is 5. The Morgan fingerprint density at radius 3 is 0.950 bits per heavy atom. The summed E-state index contributed by atoms with van der Waals surface area (Å²) >= 11 is 0. The number of nitrogens with one attached hydrogen (secondary N) is 2. The Hall–Kier alpha value is -5.96. The lowest BCUT2D eigenvalue weighted by Crippen LogP contribution is -2.50. The molecule has 0 spiro atoms. The van der Waals surface area contributed by atoms with E-state index < -0.39 is 34.7 Å². The molecule has 0 aromatic rings. The molecular weight excluding hydrogens is 1050 g/mol. The van der Waals surface area contributed by atoms with Crippen LogP contribution in [0.2, 0.25) is 0 Å². The smallest absolute Gasteiger partial charge is 0.320 e. The predicted octanol–water partition coefficient (Wildman–Crippen LogP) is 0.269. The Bertz CT molecular complexity index is 1940. The zero-order valence-electron chi connectivity index (χ0n) is 48.9. The summed E-state index contributed by atoms with van der Waals surface area (Å²) in [5.74, 6) is -4.45. The van der Waals surface area contributed by atoms with Gasteiger partial charge in [-0.1, -0.05) is 11.7 Å². The van der Waals surface area contributed by atoms with Crippen LogP contribution in [0, 0.1) is 6.57 Å². The lowest BCUT2D eigenvalue weighted by Gasteiger charge is -2.34. The monoisotopic (exact) mass is 1140 g/mol. The van der Waals surface area contributed by atoms with Gasteiger partial charge >= 0.3 is 35.8 Å². The summed E-state index contributed by atoms with van der Waals surface area (Å²) < 4.78 is 16.7. The molecule has 2 saturated heterocycles. The quantitative estimate of drug-likeness (QED) is 0.0165. The minimum Gasteiger partial charge on any atom is -0.480 e. The average molecular weight is 1140 g/mol. The topological polar surface area (TPSA) is 342 Å². The van der Waals surface area contributed by atoms with E-state index in [1.807, 2.05) is 86.8 Å². The van der Waals surface area contributed by atoms with Gasteiger partial charge in [-0.05, 0) is 80.7 Å². The van der Waals surface area contributed by atoms with E-state index in [4.69, 9.17) is 26.3 Å². The summed E-state index contributed by atoms with van der Waals surface area (Å²) in [6.07, 6.45) is 1.11. The first-order valence-electron chi connectivity index (χ1n) is 27.1. The van der Waals surface area contributed by atoms with Gasteiger partial charge in [0.25, 0.3) is 6.57 Å². The molecule has 0 radical (unpaired) electrons. The minimum atomic E-state index is -1.01. The number of azide groups is 1. The highest BCUT2D eigenvalue weighted by molar-refractivity contribution is 5.78. The molecule has 0 bridgehead atoms. The third-order valence-corrected chi connectivity index (χ3v) is 11.6. The van der Waals surface area contributed by atoms with E-state index in [1.165, 1.54) is 0 Å². The van der Waals surface area contributed by atoms with Crippen LogP contribution in [0.15, 0.2) is 5.11 Å². The Morgan fingerprint density at radius 1 is 0.463 bits per heavy atom. The van der Waals surface area contributed by atoms with Crippen molar-refractivity contribution in [3.63, 3.8) is 0 Å². The summed E-state index contributed by atoms with van der Waals surface area (Å²) in [5.41, 5.74) is 10.2. The first kappa shape index (κ1) is 72.1. The molecule has 29 nitrogen and oxygen atoms in total. The van der Waals surface area contributed by atoms with Crippen molar-refractivity contribution in [2.75, 3.05) is 183 Å². The van der Waals surface area contributed by atoms with Gasteiger partial charge in [0.15, 0.2) is 0 Å². The summed E-state index contributed by atoms with van der Waals surface area (Å²) in [4.78, 5) is 118. The van der Waals surface area contributed by atoms with Gasteiger partial charge in [-0.3, -0.25) is 77.6 Å². The van der Waals surface area contributed by atoms with Crippen LogP contribution in [0.3, 0.4) is 0 Å². The number of esters is 3. The van der Waals surface area contributed by atoms with Crippen molar-refractivity contribution in [3.05, 3.63) is 20.8 Å².